The van der Waals surface area contributed by atoms with Crippen LogP contribution in [-0.4, -0.2) is 11.2 Å². The minimum Gasteiger partial charge on any atom is -0.391 e. The molecule has 3 N–H and O–H groups in total. The van der Waals surface area contributed by atoms with Gasteiger partial charge in [0.05, 0.1) is 12.1 Å². The highest BCUT2D eigenvalue weighted by Crippen LogP contribution is 2.37. The number of benzene rings is 1. The van der Waals surface area contributed by atoms with Crippen LogP contribution in [0.5, 0.6) is 0 Å². The summed E-state index contributed by atoms with van der Waals surface area (Å²) in [7, 11) is 0. The van der Waals surface area contributed by atoms with E-state index < -0.39 is 6.10 Å². The van der Waals surface area contributed by atoms with E-state index in [4.69, 9.17) is 5.73 Å². The fraction of sp³-hybridized carbons (Fsp3) is 0.455. The predicted molar refractivity (Wildman–Crippen MR) is 67.5 cm³/mol. The average molecular weight is 335 g/mol. The van der Waals surface area contributed by atoms with Crippen LogP contribution in [0, 0.1) is 5.92 Å². The first-order valence-corrected chi connectivity index (χ1v) is 6.56. The molecule has 1 aliphatic carbocycles. The van der Waals surface area contributed by atoms with Crippen molar-refractivity contribution in [3.63, 3.8) is 0 Å². The van der Waals surface area contributed by atoms with Crippen LogP contribution >= 0.6 is 31.9 Å². The minimum atomic E-state index is -0.411. The zero-order chi connectivity index (χ0) is 11.0. The van der Waals surface area contributed by atoms with Crippen molar-refractivity contribution >= 4 is 31.9 Å². The first-order valence-electron chi connectivity index (χ1n) is 4.97. The van der Waals surface area contributed by atoms with Gasteiger partial charge in [0.25, 0.3) is 0 Å². The predicted octanol–water partition coefficient (Wildman–Crippen LogP) is 2.98. The molecule has 0 radical (unpaired) electrons. The maximum atomic E-state index is 9.94. The summed E-state index contributed by atoms with van der Waals surface area (Å²) in [4.78, 5) is 0. The summed E-state index contributed by atoms with van der Waals surface area (Å²) >= 11 is 6.83. The van der Waals surface area contributed by atoms with Crippen LogP contribution in [0.3, 0.4) is 0 Å². The number of hydrogen-bond donors (Lipinski definition) is 2. The molecule has 1 aromatic rings. The average Bonchev–Trinajstić information content (AvgIpc) is 2.97. The van der Waals surface area contributed by atoms with Crippen LogP contribution in [-0.2, 0) is 0 Å². The maximum absolute atomic E-state index is 9.94. The van der Waals surface area contributed by atoms with Gasteiger partial charge in [-0.15, -0.1) is 0 Å². The second-order valence-electron chi connectivity index (χ2n) is 4.06. The normalized spacial score (nSPS) is 20.0. The Labute approximate surface area is 106 Å². The molecule has 0 aromatic heterocycles. The summed E-state index contributed by atoms with van der Waals surface area (Å²) in [5.41, 5.74) is 6.99. The second kappa shape index (κ2) is 4.53. The third-order valence-electron chi connectivity index (χ3n) is 2.74. The van der Waals surface area contributed by atoms with Crippen molar-refractivity contribution in [3.8, 4) is 0 Å². The molecule has 0 bridgehead atoms. The monoisotopic (exact) mass is 333 g/mol. The van der Waals surface area contributed by atoms with Crippen molar-refractivity contribution in [1.29, 1.82) is 0 Å². The van der Waals surface area contributed by atoms with Gasteiger partial charge in [0.2, 0.25) is 0 Å². The van der Waals surface area contributed by atoms with Crippen molar-refractivity contribution < 1.29 is 5.11 Å². The third-order valence-corrected chi connectivity index (χ3v) is 3.66. The van der Waals surface area contributed by atoms with Gasteiger partial charge >= 0.3 is 0 Å². The van der Waals surface area contributed by atoms with E-state index in [1.807, 2.05) is 18.2 Å². The minimum absolute atomic E-state index is 0.286. The summed E-state index contributed by atoms with van der Waals surface area (Å²) in [5.74, 6) is 0.401. The van der Waals surface area contributed by atoms with Gasteiger partial charge in [0.15, 0.2) is 0 Å². The van der Waals surface area contributed by atoms with Gasteiger partial charge in [-0.05, 0) is 42.5 Å². The lowest BCUT2D eigenvalue weighted by Crippen LogP contribution is -2.27. The Morgan fingerprint density at radius 2 is 1.73 bits per heavy atom. The van der Waals surface area contributed by atoms with Crippen LogP contribution in [0.2, 0.25) is 0 Å². The van der Waals surface area contributed by atoms with Crippen LogP contribution in [0.4, 0.5) is 0 Å². The SMILES string of the molecule is N[C@@H](c1cc(Br)cc(Br)c1)[C@H](O)C1CC1. The molecule has 2 atom stereocenters. The molecule has 2 rings (SSSR count). The van der Waals surface area contributed by atoms with Crippen molar-refractivity contribution in [2.75, 3.05) is 0 Å². The Balaban J connectivity index is 2.19. The second-order valence-corrected chi connectivity index (χ2v) is 5.89. The Morgan fingerprint density at radius 3 is 2.20 bits per heavy atom. The summed E-state index contributed by atoms with van der Waals surface area (Å²) in [6, 6.07) is 5.59. The number of halogens is 2. The highest BCUT2D eigenvalue weighted by molar-refractivity contribution is 9.11. The molecule has 0 heterocycles. The van der Waals surface area contributed by atoms with Gasteiger partial charge in [-0.25, -0.2) is 0 Å². The molecule has 0 saturated heterocycles. The molecule has 1 fully saturated rings. The Morgan fingerprint density at radius 1 is 1.20 bits per heavy atom. The van der Waals surface area contributed by atoms with Crippen molar-refractivity contribution in [2.45, 2.75) is 25.0 Å². The fourth-order valence-electron chi connectivity index (χ4n) is 1.70. The molecule has 2 nitrogen and oxygen atoms in total. The molecule has 4 heteroatoms. The van der Waals surface area contributed by atoms with Gasteiger partial charge in [-0.1, -0.05) is 31.9 Å². The van der Waals surface area contributed by atoms with Gasteiger partial charge in [0, 0.05) is 8.95 Å². The van der Waals surface area contributed by atoms with Gasteiger partial charge in [-0.2, -0.15) is 0 Å². The molecule has 1 saturated carbocycles. The van der Waals surface area contributed by atoms with Crippen LogP contribution in [0.25, 0.3) is 0 Å². The van der Waals surface area contributed by atoms with E-state index in [2.05, 4.69) is 31.9 Å². The molecule has 15 heavy (non-hydrogen) atoms. The summed E-state index contributed by atoms with van der Waals surface area (Å²) in [6.07, 6.45) is 1.79. The van der Waals surface area contributed by atoms with E-state index in [1.165, 1.54) is 0 Å². The molecule has 0 amide bonds. The van der Waals surface area contributed by atoms with Crippen molar-refractivity contribution in [3.05, 3.63) is 32.7 Å². The number of hydrogen-bond acceptors (Lipinski definition) is 2. The fourth-order valence-corrected chi connectivity index (χ4v) is 3.02. The Bertz CT molecular complexity index is 345. The lowest BCUT2D eigenvalue weighted by molar-refractivity contribution is 0.122. The molecule has 0 unspecified atom stereocenters. The standard InChI is InChI=1S/C11H13Br2NO/c12-8-3-7(4-9(13)5-8)10(14)11(15)6-1-2-6/h3-6,10-11,15H,1-2,14H2/t10-,11+/m0/s1. The topological polar surface area (TPSA) is 46.2 Å². The number of aliphatic hydroxyl groups excluding tert-OH is 1. The number of aliphatic hydroxyl groups is 1. The first-order chi connectivity index (χ1) is 7.08. The van der Waals surface area contributed by atoms with Crippen LogP contribution in [0.15, 0.2) is 27.1 Å². The van der Waals surface area contributed by atoms with E-state index in [-0.39, 0.29) is 6.04 Å². The smallest absolute Gasteiger partial charge is 0.0760 e. The quantitative estimate of drug-likeness (QED) is 0.892. The maximum Gasteiger partial charge on any atom is 0.0760 e. The molecule has 1 aliphatic rings. The first kappa shape index (κ1) is 11.6. The van der Waals surface area contributed by atoms with Crippen molar-refractivity contribution in [2.24, 2.45) is 11.7 Å². The molecule has 0 aliphatic heterocycles. The van der Waals surface area contributed by atoms with E-state index in [1.54, 1.807) is 0 Å². The van der Waals surface area contributed by atoms with E-state index in [0.29, 0.717) is 5.92 Å². The Hall–Kier alpha value is 0.1000. The van der Waals surface area contributed by atoms with Crippen LogP contribution in [0.1, 0.15) is 24.4 Å². The van der Waals surface area contributed by atoms with Gasteiger partial charge < -0.3 is 10.8 Å². The largest absolute Gasteiger partial charge is 0.391 e. The molecular weight excluding hydrogens is 322 g/mol. The third kappa shape index (κ3) is 2.81. The van der Waals surface area contributed by atoms with Gasteiger partial charge in [0.1, 0.15) is 0 Å². The number of nitrogens with two attached hydrogens (primary N) is 1. The van der Waals surface area contributed by atoms with Gasteiger partial charge in [-0.3, -0.25) is 0 Å². The summed E-state index contributed by atoms with van der Waals surface area (Å²) < 4.78 is 1.95. The highest BCUT2D eigenvalue weighted by atomic mass is 79.9. The highest BCUT2D eigenvalue weighted by Gasteiger charge is 2.34. The lowest BCUT2D eigenvalue weighted by Gasteiger charge is -2.19. The van der Waals surface area contributed by atoms with E-state index in [9.17, 15) is 5.11 Å². The lowest BCUT2D eigenvalue weighted by atomic mass is 9.99. The molecule has 0 spiro atoms. The van der Waals surface area contributed by atoms with E-state index in [0.717, 1.165) is 27.4 Å². The summed E-state index contributed by atoms with van der Waals surface area (Å²) in [6.45, 7) is 0. The molecule has 82 valence electrons. The van der Waals surface area contributed by atoms with E-state index >= 15 is 0 Å². The Kier molecular flexibility index (Phi) is 3.50. The molecule has 1 aromatic carbocycles. The summed E-state index contributed by atoms with van der Waals surface area (Å²) in [5, 5.41) is 9.94. The zero-order valence-electron chi connectivity index (χ0n) is 8.16. The molecular formula is C11H13Br2NO. The van der Waals surface area contributed by atoms with Crippen LogP contribution < -0.4 is 5.73 Å². The zero-order valence-corrected chi connectivity index (χ0v) is 11.3. The van der Waals surface area contributed by atoms with Crippen molar-refractivity contribution in [1.82, 2.24) is 0 Å². The number of rotatable bonds is 3.